The second kappa shape index (κ2) is 37.3. The molecule has 8 amide bonds. The van der Waals surface area contributed by atoms with Gasteiger partial charge in [-0.05, 0) is 184 Å². The number of aromatic hydroxyl groups is 3. The third-order valence-electron chi connectivity index (χ3n) is 23.3. The molecule has 636 valence electrons. The van der Waals surface area contributed by atoms with Gasteiger partial charge in [-0.1, -0.05) is 94.3 Å². The molecule has 16 N–H and O–H groups in total. The van der Waals surface area contributed by atoms with Gasteiger partial charge in [-0.25, -0.2) is 9.59 Å². The fraction of sp³-hybridized carbons (Fsp3) is 0.529. The minimum atomic E-state index is -2.25. The number of unbranched alkanes of at least 4 members (excludes halogenated alkanes) is 5. The molecule has 0 aromatic heterocycles. The van der Waals surface area contributed by atoms with E-state index < -0.39 is 215 Å². The number of aliphatic hydroxyl groups is 6. The number of phenols is 3. The molecule has 5 fully saturated rings. The normalized spacial score (nSPS) is 27.7. The van der Waals surface area contributed by atoms with Gasteiger partial charge in [-0.15, -0.1) is 0 Å². The summed E-state index contributed by atoms with van der Waals surface area (Å²) in [6, 6.07) is 4.10. The number of hydrogen-bond donors (Lipinski definition) is 16. The number of alkyl carbamates (subject to hydrolysis) is 1. The average molecular weight is 1680 g/mol. The Labute approximate surface area is 690 Å². The molecule has 10 aliphatic rings. The molecule has 33 heteroatoms. The van der Waals surface area contributed by atoms with Crippen LogP contribution in [0.3, 0.4) is 0 Å². The van der Waals surface area contributed by atoms with Gasteiger partial charge in [0, 0.05) is 49.4 Å². The van der Waals surface area contributed by atoms with Crippen molar-refractivity contribution in [3.63, 3.8) is 0 Å². The number of carbonyl (C=O) groups is 10. The number of ketones is 3. The number of ether oxygens (including phenoxy) is 5. The maximum absolute atomic E-state index is 16.6. The molecule has 15 bridgehead atoms. The molecular formula is C85H103Cl2N7O24. The van der Waals surface area contributed by atoms with E-state index in [-0.39, 0.29) is 98.0 Å². The van der Waals surface area contributed by atoms with Gasteiger partial charge < -0.3 is 102 Å². The van der Waals surface area contributed by atoms with Crippen molar-refractivity contribution in [2.24, 2.45) is 41.4 Å². The van der Waals surface area contributed by atoms with Crippen molar-refractivity contribution >= 4 is 82.2 Å². The van der Waals surface area contributed by atoms with Crippen LogP contribution in [-0.4, -0.2) is 173 Å². The molecule has 1 saturated heterocycles. The van der Waals surface area contributed by atoms with Crippen molar-refractivity contribution in [1.29, 1.82) is 0 Å². The van der Waals surface area contributed by atoms with Crippen LogP contribution in [0.1, 0.15) is 202 Å². The van der Waals surface area contributed by atoms with Gasteiger partial charge in [0.15, 0.2) is 28.8 Å². The highest BCUT2D eigenvalue weighted by Gasteiger charge is 2.51. The summed E-state index contributed by atoms with van der Waals surface area (Å²) in [7, 11) is 0. The number of aliphatic hydroxyl groups excluding tert-OH is 6. The number of fused-ring (bicyclic) bond motifs is 15. The third-order valence-corrected chi connectivity index (χ3v) is 23.9. The number of rotatable bonds is 20. The van der Waals surface area contributed by atoms with Gasteiger partial charge in [0.25, 0.3) is 0 Å². The second-order valence-corrected chi connectivity index (χ2v) is 34.5. The highest BCUT2D eigenvalue weighted by molar-refractivity contribution is 6.32. The van der Waals surface area contributed by atoms with Crippen molar-refractivity contribution in [3.8, 4) is 57.1 Å². The summed E-state index contributed by atoms with van der Waals surface area (Å²) in [5.41, 5.74) is -2.83. The first-order chi connectivity index (χ1) is 56.0. The van der Waals surface area contributed by atoms with E-state index >= 15 is 28.8 Å². The molecule has 5 unspecified atom stereocenters. The zero-order valence-electron chi connectivity index (χ0n) is 66.2. The minimum Gasteiger partial charge on any atom is -0.508 e. The molecule has 15 rings (SSSR count). The first-order valence-electron chi connectivity index (χ1n) is 40.3. The van der Waals surface area contributed by atoms with E-state index in [2.05, 4.69) is 44.1 Å². The predicted octanol–water partition coefficient (Wildman–Crippen LogP) is 8.80. The van der Waals surface area contributed by atoms with E-state index in [4.69, 9.17) is 46.9 Å². The molecule has 0 spiro atoms. The maximum atomic E-state index is 16.6. The minimum absolute atomic E-state index is 0.0724. The Morgan fingerprint density at radius 3 is 1.89 bits per heavy atom. The van der Waals surface area contributed by atoms with Gasteiger partial charge in [-0.3, -0.25) is 43.7 Å². The second-order valence-electron chi connectivity index (χ2n) is 33.7. The Morgan fingerprint density at radius 1 is 0.644 bits per heavy atom. The fourth-order valence-corrected chi connectivity index (χ4v) is 18.1. The van der Waals surface area contributed by atoms with Crippen LogP contribution in [0, 0.1) is 41.4 Å². The van der Waals surface area contributed by atoms with Crippen LogP contribution < -0.4 is 51.4 Å². The number of halogens is 2. The number of phenolic OH excluding ortho intramolecular Hbond substituents is 3. The Hall–Kier alpha value is -9.70. The zero-order chi connectivity index (χ0) is 85.0. The molecule has 0 radical (unpaired) electrons. The molecule has 6 aliphatic heterocycles. The predicted molar refractivity (Wildman–Crippen MR) is 424 cm³/mol. The number of hydrogen-bond acceptors (Lipinski definition) is 24. The van der Waals surface area contributed by atoms with Crippen molar-refractivity contribution < 1.29 is 118 Å². The molecule has 118 heavy (non-hydrogen) atoms. The molecule has 4 saturated carbocycles. The maximum Gasteiger partial charge on any atom is 0.408 e. The SMILES string of the molecule is CCCCCCCCNC(=O)NC(=O)C[C@@H]1CC(=O)[C@H](NC(=O)[C@@H](CC(C)C)NC(=O)OC(C)(C)C)[C@H](O)c2ccc(c(Cl)c2)Oc2cc3cc(c2OC2OC(CO)C(O)C(O)C2O)Oc2ccc(cc2Cl)[C@@H](O)[C@@H]2NC(=O)[C@H](CC(=O)[C@@H]3NC1=O)c1ccc(O)c(c1)-c1c(O)cc(O)cc1[C@@H](C(=O)CC1C3CC4CC(C3)CC1C4)NC2=O. The lowest BCUT2D eigenvalue weighted by molar-refractivity contribution is -0.277. The van der Waals surface area contributed by atoms with Crippen LogP contribution in [0.4, 0.5) is 9.59 Å². The third kappa shape index (κ3) is 20.2. The van der Waals surface area contributed by atoms with Crippen LogP contribution in [0.2, 0.25) is 10.0 Å². The Kier molecular flexibility index (Phi) is 27.7. The summed E-state index contributed by atoms with van der Waals surface area (Å²) < 4.78 is 31.0. The first-order valence-corrected chi connectivity index (χ1v) is 41.0. The van der Waals surface area contributed by atoms with E-state index in [1.165, 1.54) is 36.4 Å². The Bertz CT molecular complexity index is 4620. The van der Waals surface area contributed by atoms with Gasteiger partial charge in [0.05, 0.1) is 28.5 Å². The molecule has 31 nitrogen and oxygen atoms in total. The lowest BCUT2D eigenvalue weighted by Gasteiger charge is -2.54. The van der Waals surface area contributed by atoms with Gasteiger partial charge in [0.1, 0.15) is 101 Å². The summed E-state index contributed by atoms with van der Waals surface area (Å²) >= 11 is 14.3. The highest BCUT2D eigenvalue weighted by atomic mass is 35.5. The average Bonchev–Trinajstić information content (AvgIpc) is 0.761. The number of Topliss-reactive ketones (excluding diaryl/α,β-unsaturated/α-hetero) is 3. The van der Waals surface area contributed by atoms with Crippen LogP contribution >= 0.6 is 23.2 Å². The lowest BCUT2D eigenvalue weighted by atomic mass is 9.51. The van der Waals surface area contributed by atoms with Crippen molar-refractivity contribution in [3.05, 3.63) is 117 Å². The topological polar surface area (TPSA) is 483 Å². The highest BCUT2D eigenvalue weighted by Crippen LogP contribution is 2.58. The Balaban J connectivity index is 1.04. The van der Waals surface area contributed by atoms with Crippen molar-refractivity contribution in [2.75, 3.05) is 13.2 Å². The quantitative estimate of drug-likeness (QED) is 0.0323. The molecule has 4 aliphatic carbocycles. The van der Waals surface area contributed by atoms with Crippen LogP contribution in [-0.2, 0) is 47.8 Å². The van der Waals surface area contributed by atoms with E-state index in [0.717, 1.165) is 107 Å². The summed E-state index contributed by atoms with van der Waals surface area (Å²) in [4.78, 5) is 152. The van der Waals surface area contributed by atoms with Crippen LogP contribution in [0.5, 0.6) is 46.0 Å². The van der Waals surface area contributed by atoms with E-state index in [1.807, 2.05) is 0 Å². The number of benzene rings is 5. The standard InChI is InChI=1S/C85H103Cl2N7O24/c1-7-8-9-10-11-12-19-88-83(112)90-66(102)32-47-29-58(99)70(93-80(110)55(20-38(2)3)89-84(113)118-85(4,5)6)72(103)42-14-17-61(53(86)27-42)114-63-30-46-31-64(77(63)117-82-76(107)75(106)74(105)65(37-95)116-82)115-62-18-15-43(28-54(62)87)73(104)71-81(111)92-69(60(101)35-49-44-22-39-21-40(24-44)25-45(49)23-39)52-33-48(96)34-57(98)67(52)51-26-41(13-16-56(51)97)50(79(109)94-71)36-59(100)68(46)91-78(47)108/h13-18,26-28,30-31,33-34,38-40,44-45,47,49-50,55,65,68-76,82,95-98,103-107H,7-12,19-25,29,32,35-37H2,1-6H3,(H,89,113)(H,91,108)(H,92,111)(H,93,110)(H,94,109)(H2,88,90,102,112)/t39?,40?,44?,45?,47-,49?,50+,55+,65?,68+,69-,70-,71-,72+,73+,74?,75?,76?,82?/m0/s1. The molecule has 5 aromatic rings. The molecular weight excluding hydrogens is 1570 g/mol. The van der Waals surface area contributed by atoms with Crippen LogP contribution in [0.15, 0.2) is 78.9 Å². The smallest absolute Gasteiger partial charge is 0.408 e. The van der Waals surface area contributed by atoms with Gasteiger partial charge >= 0.3 is 12.1 Å². The number of amides is 8. The van der Waals surface area contributed by atoms with E-state index in [0.29, 0.717) is 18.3 Å². The summed E-state index contributed by atoms with van der Waals surface area (Å²) in [6.07, 6.45) is -8.86. The summed E-state index contributed by atoms with van der Waals surface area (Å²) in [5, 5.41) is 123. The molecule has 5 aromatic carbocycles. The largest absolute Gasteiger partial charge is 0.508 e. The summed E-state index contributed by atoms with van der Waals surface area (Å²) in [6.45, 7) is 9.44. The van der Waals surface area contributed by atoms with Crippen LogP contribution in [0.25, 0.3) is 11.1 Å². The van der Waals surface area contributed by atoms with E-state index in [9.17, 15) is 65.1 Å². The monoisotopic (exact) mass is 1680 g/mol. The number of urea groups is 1. The summed E-state index contributed by atoms with van der Waals surface area (Å²) in [5.74, 6) is -16.4. The zero-order valence-corrected chi connectivity index (χ0v) is 67.7. The number of imide groups is 1. The molecule has 14 atom stereocenters. The molecule has 6 heterocycles. The number of nitrogens with one attached hydrogen (secondary N) is 7. The van der Waals surface area contributed by atoms with Crippen molar-refractivity contribution in [1.82, 2.24) is 37.2 Å². The van der Waals surface area contributed by atoms with E-state index in [1.54, 1.807) is 34.6 Å². The number of carbonyl (C=O) groups excluding carboxylic acids is 10. The fourth-order valence-electron chi connectivity index (χ4n) is 17.7. The Morgan fingerprint density at radius 2 is 1.27 bits per heavy atom. The van der Waals surface area contributed by atoms with Gasteiger partial charge in [-0.2, -0.15) is 0 Å². The van der Waals surface area contributed by atoms with Crippen molar-refractivity contribution in [2.45, 2.75) is 229 Å². The lowest BCUT2D eigenvalue weighted by Crippen LogP contribution is -2.60. The van der Waals surface area contributed by atoms with Gasteiger partial charge in [0.2, 0.25) is 41.6 Å². The first kappa shape index (κ1) is 87.6.